The van der Waals surface area contributed by atoms with Gasteiger partial charge in [-0.05, 0) is 43.4 Å². The Hall–Kier alpha value is -2.78. The lowest BCUT2D eigenvalue weighted by Gasteiger charge is -2.28. The van der Waals surface area contributed by atoms with Crippen molar-refractivity contribution in [2.24, 2.45) is 23.2 Å². The van der Waals surface area contributed by atoms with E-state index in [1.54, 1.807) is 0 Å². The van der Waals surface area contributed by atoms with Crippen molar-refractivity contribution in [1.82, 2.24) is 10.6 Å². The lowest BCUT2D eigenvalue weighted by atomic mass is 9.80. The molecule has 1 rings (SSSR count). The van der Waals surface area contributed by atoms with Gasteiger partial charge >= 0.3 is 24.1 Å². The summed E-state index contributed by atoms with van der Waals surface area (Å²) in [6, 6.07) is 0. The molecule has 0 aliphatic heterocycles. The maximum absolute atomic E-state index is 11.8. The van der Waals surface area contributed by atoms with Crippen LogP contribution in [0.1, 0.15) is 53.9 Å². The van der Waals surface area contributed by atoms with Crippen molar-refractivity contribution in [3.63, 3.8) is 0 Å². The number of hydrogen-bond donors (Lipinski definition) is 2. The maximum atomic E-state index is 11.8. The van der Waals surface area contributed by atoms with Gasteiger partial charge in [-0.15, -0.1) is 0 Å². The number of carbonyl (C=O) groups excluding carboxylic acids is 4. The minimum Gasteiger partial charge on any atom is -0.462 e. The molecule has 3 unspecified atom stereocenters. The quantitative estimate of drug-likeness (QED) is 0.157. The first-order valence-electron chi connectivity index (χ1n) is 11.7. The first-order valence-corrected chi connectivity index (χ1v) is 11.7. The molecule has 10 heteroatoms. The Morgan fingerprint density at radius 3 is 2.06 bits per heavy atom. The van der Waals surface area contributed by atoms with E-state index in [4.69, 9.17) is 18.9 Å². The topological polar surface area (TPSA) is 129 Å². The number of nitrogens with one attached hydrogen (secondary N) is 2. The third-order valence-electron chi connectivity index (χ3n) is 5.44. The molecule has 0 radical (unpaired) electrons. The largest absolute Gasteiger partial charge is 0.462 e. The summed E-state index contributed by atoms with van der Waals surface area (Å²) in [5, 5.41) is 5.40. The summed E-state index contributed by atoms with van der Waals surface area (Å²) < 4.78 is 19.9. The Labute approximate surface area is 202 Å². The molecule has 2 N–H and O–H groups in total. The van der Waals surface area contributed by atoms with Gasteiger partial charge in [-0.25, -0.2) is 14.4 Å². The molecule has 194 valence electrons. The van der Waals surface area contributed by atoms with Crippen LogP contribution in [-0.4, -0.2) is 63.6 Å². The predicted molar refractivity (Wildman–Crippen MR) is 125 cm³/mol. The highest BCUT2D eigenvalue weighted by Crippen LogP contribution is 2.38. The third-order valence-corrected chi connectivity index (χ3v) is 5.44. The fourth-order valence-corrected chi connectivity index (χ4v) is 3.41. The zero-order chi connectivity index (χ0) is 25.7. The van der Waals surface area contributed by atoms with Crippen molar-refractivity contribution in [3.8, 4) is 0 Å². The van der Waals surface area contributed by atoms with E-state index in [9.17, 15) is 19.2 Å². The van der Waals surface area contributed by atoms with E-state index in [0.717, 1.165) is 19.3 Å². The Morgan fingerprint density at radius 2 is 1.50 bits per heavy atom. The Morgan fingerprint density at radius 1 is 0.971 bits per heavy atom. The molecule has 34 heavy (non-hydrogen) atoms. The van der Waals surface area contributed by atoms with Gasteiger partial charge < -0.3 is 29.6 Å². The Bertz CT molecular complexity index is 722. The number of amides is 2. The molecule has 0 bridgehead atoms. The third kappa shape index (κ3) is 13.1. The molecule has 0 spiro atoms. The highest BCUT2D eigenvalue weighted by molar-refractivity contribution is 5.86. The molecule has 1 saturated carbocycles. The molecule has 2 amide bonds. The maximum Gasteiger partial charge on any atom is 0.407 e. The van der Waals surface area contributed by atoms with Crippen molar-refractivity contribution in [2.75, 3.05) is 39.5 Å². The van der Waals surface area contributed by atoms with Gasteiger partial charge in [-0.3, -0.25) is 4.79 Å². The number of carbonyl (C=O) groups is 4. The molecule has 0 aromatic heterocycles. The fraction of sp³-hybridized carbons (Fsp3) is 0.750. The van der Waals surface area contributed by atoms with Crippen molar-refractivity contribution >= 4 is 24.1 Å². The second-order valence-electron chi connectivity index (χ2n) is 9.71. The molecule has 0 heterocycles. The zero-order valence-electron chi connectivity index (χ0n) is 21.1. The average Bonchev–Trinajstić information content (AvgIpc) is 3.48. The number of ether oxygens (including phenoxy) is 4. The summed E-state index contributed by atoms with van der Waals surface area (Å²) in [6.45, 7) is 14.1. The number of hydrogen-bond acceptors (Lipinski definition) is 8. The van der Waals surface area contributed by atoms with Crippen LogP contribution in [0.5, 0.6) is 0 Å². The first-order chi connectivity index (χ1) is 15.9. The Kier molecular flexibility index (Phi) is 12.5. The van der Waals surface area contributed by atoms with E-state index in [2.05, 4.69) is 31.1 Å². The molecule has 1 aliphatic carbocycles. The van der Waals surface area contributed by atoms with Crippen LogP contribution in [0, 0.1) is 23.2 Å². The van der Waals surface area contributed by atoms with Crippen LogP contribution in [0.15, 0.2) is 12.2 Å². The molecule has 10 nitrogen and oxygen atoms in total. The SMILES string of the molecule is C=C(C)C(=O)OCCOC(=O)NCC(C)CC(C)(C)CCNC(=O)OCCOC(=O)C1CC1C. The van der Waals surface area contributed by atoms with E-state index < -0.39 is 18.2 Å². The van der Waals surface area contributed by atoms with E-state index >= 15 is 0 Å². The minimum atomic E-state index is -0.572. The van der Waals surface area contributed by atoms with E-state index in [0.29, 0.717) is 19.0 Å². The van der Waals surface area contributed by atoms with Gasteiger partial charge in [0.2, 0.25) is 0 Å². The van der Waals surface area contributed by atoms with Gasteiger partial charge in [0.25, 0.3) is 0 Å². The van der Waals surface area contributed by atoms with Crippen molar-refractivity contribution in [2.45, 2.75) is 53.9 Å². The lowest BCUT2D eigenvalue weighted by molar-refractivity contribution is -0.146. The van der Waals surface area contributed by atoms with E-state index in [1.807, 2.05) is 13.8 Å². The molecule has 1 fully saturated rings. The van der Waals surface area contributed by atoms with Crippen molar-refractivity contribution in [1.29, 1.82) is 0 Å². The molecular weight excluding hydrogens is 444 g/mol. The van der Waals surface area contributed by atoms with Crippen LogP contribution in [0.4, 0.5) is 9.59 Å². The summed E-state index contributed by atoms with van der Waals surface area (Å²) >= 11 is 0. The minimum absolute atomic E-state index is 0.00221. The van der Waals surface area contributed by atoms with Crippen LogP contribution >= 0.6 is 0 Å². The smallest absolute Gasteiger partial charge is 0.407 e. The number of rotatable bonds is 15. The molecule has 3 atom stereocenters. The summed E-state index contributed by atoms with van der Waals surface area (Å²) in [7, 11) is 0. The lowest BCUT2D eigenvalue weighted by Crippen LogP contribution is -2.33. The van der Waals surface area contributed by atoms with E-state index in [-0.39, 0.29) is 55.2 Å². The van der Waals surface area contributed by atoms with Crippen molar-refractivity contribution in [3.05, 3.63) is 12.2 Å². The summed E-state index contributed by atoms with van der Waals surface area (Å²) in [5.41, 5.74) is 0.208. The van der Waals surface area contributed by atoms with Gasteiger partial charge in [-0.1, -0.05) is 34.3 Å². The summed E-state index contributed by atoms with van der Waals surface area (Å²) in [6.07, 6.45) is 1.29. The fourth-order valence-electron chi connectivity index (χ4n) is 3.41. The monoisotopic (exact) mass is 484 g/mol. The molecule has 1 aliphatic rings. The van der Waals surface area contributed by atoms with Crippen LogP contribution in [-0.2, 0) is 28.5 Å². The summed E-state index contributed by atoms with van der Waals surface area (Å²) in [5.74, 6) is -0.180. The second-order valence-corrected chi connectivity index (χ2v) is 9.71. The highest BCUT2D eigenvalue weighted by Gasteiger charge is 2.40. The molecule has 0 saturated heterocycles. The van der Waals surface area contributed by atoms with Crippen LogP contribution in [0.25, 0.3) is 0 Å². The standard InChI is InChI=1S/C24H40N2O8/c1-16(2)20(27)31-9-11-34-23(30)26-15-17(3)14-24(5,6)7-8-25-22(29)33-12-10-32-21(28)19-13-18(19)4/h17-19H,1,7-15H2,2-6H3,(H,25,29)(H,26,30). The Balaban J connectivity index is 2.09. The highest BCUT2D eigenvalue weighted by atomic mass is 16.6. The average molecular weight is 485 g/mol. The zero-order valence-corrected chi connectivity index (χ0v) is 21.1. The molecule has 0 aromatic carbocycles. The van der Waals surface area contributed by atoms with Crippen molar-refractivity contribution < 1.29 is 38.1 Å². The number of esters is 2. The van der Waals surface area contributed by atoms with Gasteiger partial charge in [0.15, 0.2) is 0 Å². The van der Waals surface area contributed by atoms with Gasteiger partial charge in [-0.2, -0.15) is 0 Å². The molecule has 0 aromatic rings. The normalized spacial score (nSPS) is 17.7. The van der Waals surface area contributed by atoms with Crippen LogP contribution in [0.2, 0.25) is 0 Å². The molecular formula is C24H40N2O8. The van der Waals surface area contributed by atoms with E-state index in [1.165, 1.54) is 6.92 Å². The number of alkyl carbamates (subject to hydrolysis) is 2. The van der Waals surface area contributed by atoms with Gasteiger partial charge in [0.05, 0.1) is 5.92 Å². The summed E-state index contributed by atoms with van der Waals surface area (Å²) in [4.78, 5) is 46.4. The van der Waals surface area contributed by atoms with Crippen LogP contribution < -0.4 is 10.6 Å². The predicted octanol–water partition coefficient (Wildman–Crippen LogP) is 3.20. The second kappa shape index (κ2) is 14.5. The first kappa shape index (κ1) is 29.3. The van der Waals surface area contributed by atoms with Gasteiger partial charge in [0, 0.05) is 18.7 Å². The van der Waals surface area contributed by atoms with Gasteiger partial charge in [0.1, 0.15) is 26.4 Å². The van der Waals surface area contributed by atoms with Crippen LogP contribution in [0.3, 0.4) is 0 Å².